The Kier molecular flexibility index (Phi) is 3.39. The first-order chi connectivity index (χ1) is 8.72. The minimum absolute atomic E-state index is 0.107. The minimum Gasteiger partial charge on any atom is -0.466 e. The van der Waals surface area contributed by atoms with Gasteiger partial charge in [0.2, 0.25) is 0 Å². The fourth-order valence-corrected chi connectivity index (χ4v) is 1.48. The standard InChI is InChI=1S/C13H9FN2O2/c14-10-5-2-1-4-9(10)13(17)16-11(8-15)12-6-3-7-18-12/h1-7,11H,(H,16,17). The molecule has 0 bridgehead atoms. The highest BCUT2D eigenvalue weighted by Gasteiger charge is 2.19. The number of nitrogens with one attached hydrogen (secondary N) is 1. The van der Waals surface area contributed by atoms with Crippen molar-refractivity contribution in [3.8, 4) is 6.07 Å². The molecule has 18 heavy (non-hydrogen) atoms. The van der Waals surface area contributed by atoms with Crippen LogP contribution in [-0.2, 0) is 0 Å². The first-order valence-corrected chi connectivity index (χ1v) is 5.21. The molecule has 4 nitrogen and oxygen atoms in total. The van der Waals surface area contributed by atoms with Gasteiger partial charge >= 0.3 is 0 Å². The minimum atomic E-state index is -0.938. The van der Waals surface area contributed by atoms with E-state index in [1.165, 1.54) is 24.5 Å². The second kappa shape index (κ2) is 5.15. The number of rotatable bonds is 3. The molecule has 0 saturated carbocycles. The first kappa shape index (κ1) is 11.9. The molecular formula is C13H9FN2O2. The van der Waals surface area contributed by atoms with E-state index in [4.69, 9.17) is 9.68 Å². The molecule has 2 aromatic rings. The summed E-state index contributed by atoms with van der Waals surface area (Å²) >= 11 is 0. The van der Waals surface area contributed by atoms with Crippen LogP contribution in [0, 0.1) is 17.1 Å². The van der Waals surface area contributed by atoms with Gasteiger partial charge in [-0.25, -0.2) is 4.39 Å². The van der Waals surface area contributed by atoms with Crippen molar-refractivity contribution >= 4 is 5.91 Å². The Morgan fingerprint density at radius 1 is 1.33 bits per heavy atom. The summed E-state index contributed by atoms with van der Waals surface area (Å²) in [4.78, 5) is 11.8. The number of halogens is 1. The Bertz CT molecular complexity index is 587. The van der Waals surface area contributed by atoms with Crippen molar-refractivity contribution in [2.75, 3.05) is 0 Å². The summed E-state index contributed by atoms with van der Waals surface area (Å²) in [6.07, 6.45) is 1.40. The summed E-state index contributed by atoms with van der Waals surface area (Å²) in [5.74, 6) is -0.982. The zero-order valence-corrected chi connectivity index (χ0v) is 9.26. The molecule has 1 amide bonds. The molecule has 0 aliphatic carbocycles. The Morgan fingerprint density at radius 2 is 2.11 bits per heavy atom. The number of carbonyl (C=O) groups excluding carboxylic acids is 1. The number of nitriles is 1. The van der Waals surface area contributed by atoms with Crippen molar-refractivity contribution in [3.05, 3.63) is 59.8 Å². The van der Waals surface area contributed by atoms with E-state index < -0.39 is 17.8 Å². The van der Waals surface area contributed by atoms with E-state index in [0.29, 0.717) is 5.76 Å². The molecule has 90 valence electrons. The Morgan fingerprint density at radius 3 is 2.72 bits per heavy atom. The third-order valence-electron chi connectivity index (χ3n) is 2.35. The quantitative estimate of drug-likeness (QED) is 0.901. The van der Waals surface area contributed by atoms with Crippen LogP contribution in [0.25, 0.3) is 0 Å². The number of furan rings is 1. The summed E-state index contributed by atoms with van der Waals surface area (Å²) in [5.41, 5.74) is -0.107. The van der Waals surface area contributed by atoms with Crippen LogP contribution in [-0.4, -0.2) is 5.91 Å². The Labute approximate surface area is 103 Å². The fourth-order valence-electron chi connectivity index (χ4n) is 1.48. The van der Waals surface area contributed by atoms with Crippen LogP contribution in [0.1, 0.15) is 22.2 Å². The van der Waals surface area contributed by atoms with Gasteiger partial charge in [0.1, 0.15) is 11.6 Å². The summed E-state index contributed by atoms with van der Waals surface area (Å²) < 4.78 is 18.4. The highest BCUT2D eigenvalue weighted by molar-refractivity contribution is 5.94. The molecule has 5 heteroatoms. The lowest BCUT2D eigenvalue weighted by Gasteiger charge is -2.09. The Hall–Kier alpha value is -2.61. The number of hydrogen-bond acceptors (Lipinski definition) is 3. The van der Waals surface area contributed by atoms with Gasteiger partial charge < -0.3 is 9.73 Å². The molecule has 1 unspecified atom stereocenters. The lowest BCUT2D eigenvalue weighted by atomic mass is 10.1. The summed E-state index contributed by atoms with van der Waals surface area (Å²) in [5, 5.41) is 11.3. The van der Waals surface area contributed by atoms with E-state index in [-0.39, 0.29) is 5.56 Å². The second-order valence-electron chi connectivity index (χ2n) is 3.53. The third kappa shape index (κ3) is 2.38. The molecule has 0 aliphatic heterocycles. The van der Waals surface area contributed by atoms with Crippen LogP contribution >= 0.6 is 0 Å². The lowest BCUT2D eigenvalue weighted by Crippen LogP contribution is -2.28. The van der Waals surface area contributed by atoms with Crippen molar-refractivity contribution in [2.45, 2.75) is 6.04 Å². The third-order valence-corrected chi connectivity index (χ3v) is 2.35. The summed E-state index contributed by atoms with van der Waals surface area (Å²) in [6.45, 7) is 0. The largest absolute Gasteiger partial charge is 0.466 e. The van der Waals surface area contributed by atoms with E-state index >= 15 is 0 Å². The molecule has 0 spiro atoms. The SMILES string of the molecule is N#CC(NC(=O)c1ccccc1F)c1ccco1. The summed E-state index contributed by atoms with van der Waals surface area (Å²) in [6, 6.07) is 9.68. The van der Waals surface area contributed by atoms with E-state index in [2.05, 4.69) is 5.32 Å². The number of hydrogen-bond donors (Lipinski definition) is 1. The molecule has 0 aliphatic rings. The van der Waals surface area contributed by atoms with Crippen molar-refractivity contribution < 1.29 is 13.6 Å². The van der Waals surface area contributed by atoms with Crippen LogP contribution in [0.3, 0.4) is 0 Å². The molecule has 0 fully saturated rings. The molecule has 1 aromatic carbocycles. The second-order valence-corrected chi connectivity index (χ2v) is 3.53. The highest BCUT2D eigenvalue weighted by Crippen LogP contribution is 2.14. The van der Waals surface area contributed by atoms with Crippen LogP contribution in [0.5, 0.6) is 0 Å². The molecule has 0 saturated heterocycles. The maximum absolute atomic E-state index is 13.4. The average Bonchev–Trinajstić information content (AvgIpc) is 2.90. The van der Waals surface area contributed by atoms with Gasteiger partial charge in [-0.2, -0.15) is 5.26 Å². The number of nitrogens with zero attached hydrogens (tertiary/aromatic N) is 1. The van der Waals surface area contributed by atoms with Crippen molar-refractivity contribution in [1.29, 1.82) is 5.26 Å². The molecule has 1 aromatic heterocycles. The molecule has 1 atom stereocenters. The van der Waals surface area contributed by atoms with Gasteiger partial charge in [-0.05, 0) is 24.3 Å². The van der Waals surface area contributed by atoms with Crippen LogP contribution in [0.2, 0.25) is 0 Å². The highest BCUT2D eigenvalue weighted by atomic mass is 19.1. The van der Waals surface area contributed by atoms with E-state index in [1.54, 1.807) is 18.2 Å². The van der Waals surface area contributed by atoms with Crippen molar-refractivity contribution in [1.82, 2.24) is 5.32 Å². The molecule has 1 heterocycles. The lowest BCUT2D eigenvalue weighted by molar-refractivity contribution is 0.0937. The van der Waals surface area contributed by atoms with Gasteiger partial charge in [0.05, 0.1) is 17.9 Å². The number of carbonyl (C=O) groups is 1. The van der Waals surface area contributed by atoms with Gasteiger partial charge in [-0.1, -0.05) is 12.1 Å². The van der Waals surface area contributed by atoms with Crippen LogP contribution < -0.4 is 5.32 Å². The monoisotopic (exact) mass is 244 g/mol. The van der Waals surface area contributed by atoms with E-state index in [0.717, 1.165) is 0 Å². The molecular weight excluding hydrogens is 235 g/mol. The molecule has 0 radical (unpaired) electrons. The van der Waals surface area contributed by atoms with E-state index in [9.17, 15) is 9.18 Å². The zero-order chi connectivity index (χ0) is 13.0. The van der Waals surface area contributed by atoms with Crippen molar-refractivity contribution in [2.24, 2.45) is 0 Å². The average molecular weight is 244 g/mol. The number of amides is 1. The topological polar surface area (TPSA) is 66.0 Å². The van der Waals surface area contributed by atoms with Crippen LogP contribution in [0.15, 0.2) is 47.1 Å². The van der Waals surface area contributed by atoms with Crippen LogP contribution in [0.4, 0.5) is 4.39 Å². The molecule has 1 N–H and O–H groups in total. The van der Waals surface area contributed by atoms with Crippen molar-refractivity contribution in [3.63, 3.8) is 0 Å². The fraction of sp³-hybridized carbons (Fsp3) is 0.0769. The van der Waals surface area contributed by atoms with Gasteiger partial charge in [0.25, 0.3) is 5.91 Å². The predicted molar refractivity (Wildman–Crippen MR) is 60.9 cm³/mol. The maximum atomic E-state index is 13.4. The van der Waals surface area contributed by atoms with E-state index in [1.807, 2.05) is 6.07 Å². The normalized spacial score (nSPS) is 11.6. The molecule has 2 rings (SSSR count). The van der Waals surface area contributed by atoms with Gasteiger partial charge in [0.15, 0.2) is 6.04 Å². The van der Waals surface area contributed by atoms with Gasteiger partial charge in [-0.3, -0.25) is 4.79 Å². The predicted octanol–water partition coefficient (Wildman–Crippen LogP) is 2.41. The summed E-state index contributed by atoms with van der Waals surface area (Å²) in [7, 11) is 0. The zero-order valence-electron chi connectivity index (χ0n) is 9.26. The Balaban J connectivity index is 2.17. The maximum Gasteiger partial charge on any atom is 0.255 e. The smallest absolute Gasteiger partial charge is 0.255 e. The van der Waals surface area contributed by atoms with Gasteiger partial charge in [-0.15, -0.1) is 0 Å². The van der Waals surface area contributed by atoms with Gasteiger partial charge in [0, 0.05) is 0 Å². The first-order valence-electron chi connectivity index (χ1n) is 5.21. The number of benzene rings is 1.